The van der Waals surface area contributed by atoms with Crippen LogP contribution in [-0.2, 0) is 20.0 Å². The Morgan fingerprint density at radius 3 is 2.70 bits per heavy atom. The first-order valence-corrected chi connectivity index (χ1v) is 9.04. The number of nitrogens with zero attached hydrogens (tertiary/aromatic N) is 4. The van der Waals surface area contributed by atoms with Crippen molar-refractivity contribution in [2.45, 2.75) is 39.7 Å². The third-order valence-corrected chi connectivity index (χ3v) is 4.56. The largest absolute Gasteiger partial charge is 0.329 e. The molecule has 8 heteroatoms. The summed E-state index contributed by atoms with van der Waals surface area (Å²) in [6, 6.07) is 10.2. The SMILES string of the molecule is CCC(C)=NNc1nc2c(c(=O)[nH]c(=O)n2C)n1CCCc1ccccc1. The Bertz CT molecular complexity index is 1080. The number of aryl methyl sites for hydroxylation is 3. The summed E-state index contributed by atoms with van der Waals surface area (Å²) in [6.45, 7) is 4.51. The highest BCUT2D eigenvalue weighted by molar-refractivity contribution is 5.82. The van der Waals surface area contributed by atoms with E-state index in [1.165, 1.54) is 10.1 Å². The zero-order chi connectivity index (χ0) is 19.4. The molecule has 2 N–H and O–H groups in total. The van der Waals surface area contributed by atoms with Crippen molar-refractivity contribution >= 4 is 22.8 Å². The van der Waals surface area contributed by atoms with Crippen molar-refractivity contribution in [3.05, 3.63) is 56.7 Å². The fourth-order valence-corrected chi connectivity index (χ4v) is 2.85. The molecule has 0 saturated heterocycles. The molecular weight excluding hydrogens is 344 g/mol. The molecule has 0 bridgehead atoms. The van der Waals surface area contributed by atoms with Crippen LogP contribution in [0.4, 0.5) is 5.95 Å². The van der Waals surface area contributed by atoms with Gasteiger partial charge < -0.3 is 4.57 Å². The molecule has 0 saturated carbocycles. The van der Waals surface area contributed by atoms with Gasteiger partial charge in [-0.3, -0.25) is 14.3 Å². The maximum Gasteiger partial charge on any atom is 0.329 e. The summed E-state index contributed by atoms with van der Waals surface area (Å²) < 4.78 is 3.13. The number of hydrazone groups is 1. The number of fused-ring (bicyclic) bond motifs is 1. The van der Waals surface area contributed by atoms with E-state index in [0.29, 0.717) is 23.7 Å². The van der Waals surface area contributed by atoms with Crippen LogP contribution in [0.3, 0.4) is 0 Å². The third-order valence-electron chi connectivity index (χ3n) is 4.56. The lowest BCUT2D eigenvalue weighted by atomic mass is 10.1. The first-order chi connectivity index (χ1) is 13.0. The molecule has 2 heterocycles. The predicted octanol–water partition coefficient (Wildman–Crippen LogP) is 2.25. The molecule has 0 atom stereocenters. The Balaban J connectivity index is 1.98. The zero-order valence-corrected chi connectivity index (χ0v) is 15.8. The molecule has 0 amide bonds. The summed E-state index contributed by atoms with van der Waals surface area (Å²) >= 11 is 0. The highest BCUT2D eigenvalue weighted by Gasteiger charge is 2.17. The van der Waals surface area contributed by atoms with Crippen LogP contribution < -0.4 is 16.7 Å². The van der Waals surface area contributed by atoms with E-state index in [0.717, 1.165) is 25.0 Å². The second-order valence-corrected chi connectivity index (χ2v) is 6.48. The van der Waals surface area contributed by atoms with Crippen LogP contribution in [0.5, 0.6) is 0 Å². The number of hydrogen-bond donors (Lipinski definition) is 2. The second kappa shape index (κ2) is 8.03. The number of nitrogens with one attached hydrogen (secondary N) is 2. The van der Waals surface area contributed by atoms with E-state index in [-0.39, 0.29) is 0 Å². The number of aromatic amines is 1. The molecule has 1 aromatic carbocycles. The lowest BCUT2D eigenvalue weighted by molar-refractivity contribution is 0.659. The standard InChI is InChI=1S/C19H24N6O2/c1-4-13(2)22-23-18-20-16-15(17(26)21-19(27)24(16)3)25(18)12-8-11-14-9-6-5-7-10-14/h5-7,9-10H,4,8,11-12H2,1-3H3,(H,20,23)(H,21,26,27). The Morgan fingerprint density at radius 2 is 2.00 bits per heavy atom. The quantitative estimate of drug-likeness (QED) is 0.494. The van der Waals surface area contributed by atoms with Gasteiger partial charge in [0.25, 0.3) is 5.56 Å². The highest BCUT2D eigenvalue weighted by atomic mass is 16.2. The molecule has 27 heavy (non-hydrogen) atoms. The van der Waals surface area contributed by atoms with Crippen LogP contribution >= 0.6 is 0 Å². The molecule has 0 aliphatic heterocycles. The Morgan fingerprint density at radius 1 is 1.26 bits per heavy atom. The van der Waals surface area contributed by atoms with Gasteiger partial charge in [0.05, 0.1) is 0 Å². The molecule has 0 spiro atoms. The number of H-pyrrole nitrogens is 1. The smallest absolute Gasteiger partial charge is 0.303 e. The summed E-state index contributed by atoms with van der Waals surface area (Å²) in [5.41, 5.74) is 4.89. The van der Waals surface area contributed by atoms with Crippen LogP contribution in [0.2, 0.25) is 0 Å². The van der Waals surface area contributed by atoms with E-state index < -0.39 is 11.2 Å². The normalized spacial score (nSPS) is 11.9. The molecule has 0 unspecified atom stereocenters. The predicted molar refractivity (Wildman–Crippen MR) is 107 cm³/mol. The third kappa shape index (κ3) is 3.99. The fraction of sp³-hybridized carbons (Fsp3) is 0.368. The molecule has 8 nitrogen and oxygen atoms in total. The van der Waals surface area contributed by atoms with E-state index in [4.69, 9.17) is 0 Å². The average molecular weight is 368 g/mol. The molecule has 2 aromatic heterocycles. The maximum atomic E-state index is 12.4. The number of anilines is 1. The highest BCUT2D eigenvalue weighted by Crippen LogP contribution is 2.17. The van der Waals surface area contributed by atoms with Crippen molar-refractivity contribution in [2.75, 3.05) is 5.43 Å². The van der Waals surface area contributed by atoms with E-state index in [1.54, 1.807) is 11.6 Å². The minimum atomic E-state index is -0.485. The fourth-order valence-electron chi connectivity index (χ4n) is 2.85. The average Bonchev–Trinajstić information content (AvgIpc) is 3.04. The van der Waals surface area contributed by atoms with Gasteiger partial charge in [-0.1, -0.05) is 37.3 Å². The molecule has 0 aliphatic carbocycles. The molecule has 0 aliphatic rings. The van der Waals surface area contributed by atoms with Crippen LogP contribution in [-0.4, -0.2) is 24.8 Å². The van der Waals surface area contributed by atoms with Crippen LogP contribution in [0.1, 0.15) is 32.3 Å². The summed E-state index contributed by atoms with van der Waals surface area (Å²) in [5, 5.41) is 4.30. The van der Waals surface area contributed by atoms with Gasteiger partial charge in [0, 0.05) is 19.3 Å². The van der Waals surface area contributed by atoms with Gasteiger partial charge in [0.2, 0.25) is 5.95 Å². The first kappa shape index (κ1) is 18.6. The lowest BCUT2D eigenvalue weighted by Gasteiger charge is -2.08. The van der Waals surface area contributed by atoms with Crippen molar-refractivity contribution < 1.29 is 0 Å². The van der Waals surface area contributed by atoms with Gasteiger partial charge in [-0.25, -0.2) is 10.2 Å². The van der Waals surface area contributed by atoms with Gasteiger partial charge in [0.15, 0.2) is 11.2 Å². The number of hydrogen-bond acceptors (Lipinski definition) is 5. The summed E-state index contributed by atoms with van der Waals surface area (Å²) in [7, 11) is 1.59. The number of imidazole rings is 1. The minimum absolute atomic E-state index is 0.343. The molecule has 3 aromatic rings. The van der Waals surface area contributed by atoms with Crippen molar-refractivity contribution in [1.29, 1.82) is 0 Å². The van der Waals surface area contributed by atoms with Gasteiger partial charge in [-0.2, -0.15) is 10.1 Å². The molecule has 0 fully saturated rings. The summed E-state index contributed by atoms with van der Waals surface area (Å²) in [5.74, 6) is 0.456. The van der Waals surface area contributed by atoms with E-state index >= 15 is 0 Å². The number of aromatic nitrogens is 4. The topological polar surface area (TPSA) is 97.1 Å². The summed E-state index contributed by atoms with van der Waals surface area (Å²) in [4.78, 5) is 31.1. The van der Waals surface area contributed by atoms with E-state index in [1.807, 2.05) is 32.0 Å². The van der Waals surface area contributed by atoms with E-state index in [9.17, 15) is 9.59 Å². The Hall–Kier alpha value is -3.16. The molecule has 142 valence electrons. The van der Waals surface area contributed by atoms with Crippen molar-refractivity contribution in [1.82, 2.24) is 19.1 Å². The maximum absolute atomic E-state index is 12.4. The number of benzene rings is 1. The van der Waals surface area contributed by atoms with Gasteiger partial charge in [-0.05, 0) is 31.7 Å². The monoisotopic (exact) mass is 368 g/mol. The van der Waals surface area contributed by atoms with Gasteiger partial charge >= 0.3 is 5.69 Å². The van der Waals surface area contributed by atoms with Crippen LogP contribution in [0.15, 0.2) is 45.0 Å². The Labute approximate surface area is 156 Å². The first-order valence-electron chi connectivity index (χ1n) is 9.04. The van der Waals surface area contributed by atoms with Gasteiger partial charge in [0.1, 0.15) is 0 Å². The zero-order valence-electron chi connectivity index (χ0n) is 15.8. The number of rotatable bonds is 7. The lowest BCUT2D eigenvalue weighted by Crippen LogP contribution is -2.29. The van der Waals surface area contributed by atoms with Crippen LogP contribution in [0.25, 0.3) is 11.2 Å². The molecule has 3 rings (SSSR count). The van der Waals surface area contributed by atoms with E-state index in [2.05, 4.69) is 32.6 Å². The molecule has 0 radical (unpaired) electrons. The van der Waals surface area contributed by atoms with Crippen molar-refractivity contribution in [3.8, 4) is 0 Å². The summed E-state index contributed by atoms with van der Waals surface area (Å²) in [6.07, 6.45) is 2.50. The van der Waals surface area contributed by atoms with Crippen molar-refractivity contribution in [3.63, 3.8) is 0 Å². The molecular formula is C19H24N6O2. The Kier molecular flexibility index (Phi) is 5.54. The minimum Gasteiger partial charge on any atom is -0.303 e. The second-order valence-electron chi connectivity index (χ2n) is 6.48. The van der Waals surface area contributed by atoms with Gasteiger partial charge in [-0.15, -0.1) is 0 Å². The van der Waals surface area contributed by atoms with Crippen LogP contribution in [0, 0.1) is 0 Å². The van der Waals surface area contributed by atoms with Crippen molar-refractivity contribution in [2.24, 2.45) is 12.1 Å².